The fourth-order valence-electron chi connectivity index (χ4n) is 3.64. The van der Waals surface area contributed by atoms with E-state index < -0.39 is 0 Å². The van der Waals surface area contributed by atoms with Gasteiger partial charge in [0.25, 0.3) is 0 Å². The molecule has 0 aliphatic carbocycles. The SMILES string of the molecule is Cc1c(F)ccc2[nH]c(-c3ccc(OCCCN4CCN(C)CC4)cc3Cl)nc12. The van der Waals surface area contributed by atoms with E-state index in [9.17, 15) is 4.39 Å². The predicted octanol–water partition coefficient (Wildman–Crippen LogP) is 4.35. The van der Waals surface area contributed by atoms with Crippen LogP contribution in [0, 0.1) is 12.7 Å². The molecular formula is C22H26ClFN4O. The van der Waals surface area contributed by atoms with E-state index in [1.165, 1.54) is 6.07 Å². The summed E-state index contributed by atoms with van der Waals surface area (Å²) in [6.45, 7) is 7.94. The van der Waals surface area contributed by atoms with Crippen LogP contribution in [0.5, 0.6) is 5.75 Å². The number of H-pyrrole nitrogens is 1. The Labute approximate surface area is 175 Å². The van der Waals surface area contributed by atoms with Gasteiger partial charge >= 0.3 is 0 Å². The molecule has 0 atom stereocenters. The molecule has 0 bridgehead atoms. The number of aromatic nitrogens is 2. The minimum Gasteiger partial charge on any atom is -0.493 e. The highest BCUT2D eigenvalue weighted by Gasteiger charge is 2.14. The van der Waals surface area contributed by atoms with Crippen LogP contribution >= 0.6 is 11.6 Å². The summed E-state index contributed by atoms with van der Waals surface area (Å²) in [7, 11) is 2.17. The van der Waals surface area contributed by atoms with Crippen molar-refractivity contribution in [2.24, 2.45) is 0 Å². The topological polar surface area (TPSA) is 44.4 Å². The third-order valence-electron chi connectivity index (χ3n) is 5.52. The monoisotopic (exact) mass is 416 g/mol. The summed E-state index contributed by atoms with van der Waals surface area (Å²) in [5, 5.41) is 0.554. The summed E-state index contributed by atoms with van der Waals surface area (Å²) in [4.78, 5) is 12.6. The maximum atomic E-state index is 13.8. The molecule has 0 unspecified atom stereocenters. The quantitative estimate of drug-likeness (QED) is 0.607. The lowest BCUT2D eigenvalue weighted by Gasteiger charge is -2.32. The summed E-state index contributed by atoms with van der Waals surface area (Å²) >= 11 is 6.48. The number of fused-ring (bicyclic) bond motifs is 1. The van der Waals surface area contributed by atoms with Gasteiger partial charge in [0.2, 0.25) is 0 Å². The van der Waals surface area contributed by atoms with Crippen molar-refractivity contribution in [2.75, 3.05) is 46.4 Å². The van der Waals surface area contributed by atoms with Gasteiger partial charge in [-0.25, -0.2) is 9.37 Å². The Morgan fingerprint density at radius 3 is 2.72 bits per heavy atom. The number of nitrogens with one attached hydrogen (secondary N) is 1. The average molecular weight is 417 g/mol. The second-order valence-electron chi connectivity index (χ2n) is 7.64. The van der Waals surface area contributed by atoms with Crippen molar-refractivity contribution in [3.05, 3.63) is 46.7 Å². The Kier molecular flexibility index (Phi) is 6.04. The van der Waals surface area contributed by atoms with Gasteiger partial charge in [0.1, 0.15) is 17.4 Å². The molecule has 1 saturated heterocycles. The van der Waals surface area contributed by atoms with Crippen molar-refractivity contribution in [1.82, 2.24) is 19.8 Å². The van der Waals surface area contributed by atoms with Gasteiger partial charge in [0, 0.05) is 43.9 Å². The predicted molar refractivity (Wildman–Crippen MR) is 115 cm³/mol. The molecule has 2 aromatic carbocycles. The number of likely N-dealkylation sites (N-methyl/N-ethyl adjacent to an activating group) is 1. The summed E-state index contributed by atoms with van der Waals surface area (Å²) in [5.41, 5.74) is 2.72. The standard InChI is InChI=1S/C22H26ClFN4O/c1-15-19(24)6-7-20-21(15)26-22(25-20)17-5-4-16(14-18(17)23)29-13-3-8-28-11-9-27(2)10-12-28/h4-7,14H,3,8-13H2,1-2H3,(H,25,26). The van der Waals surface area contributed by atoms with E-state index >= 15 is 0 Å². The number of aryl methyl sites for hydroxylation is 1. The number of hydrogen-bond acceptors (Lipinski definition) is 4. The van der Waals surface area contributed by atoms with E-state index in [2.05, 4.69) is 26.8 Å². The number of aromatic amines is 1. The average Bonchev–Trinajstić information content (AvgIpc) is 3.14. The third-order valence-corrected chi connectivity index (χ3v) is 5.83. The van der Waals surface area contributed by atoms with E-state index in [4.69, 9.17) is 16.3 Å². The highest BCUT2D eigenvalue weighted by atomic mass is 35.5. The van der Waals surface area contributed by atoms with Crippen LogP contribution in [0.15, 0.2) is 30.3 Å². The Morgan fingerprint density at radius 2 is 1.97 bits per heavy atom. The van der Waals surface area contributed by atoms with Gasteiger partial charge < -0.3 is 19.5 Å². The molecule has 0 spiro atoms. The maximum absolute atomic E-state index is 13.8. The molecule has 1 aliphatic heterocycles. The molecular weight excluding hydrogens is 391 g/mol. The molecule has 1 N–H and O–H groups in total. The molecule has 7 heteroatoms. The van der Waals surface area contributed by atoms with Crippen LogP contribution in [0.3, 0.4) is 0 Å². The van der Waals surface area contributed by atoms with Gasteiger partial charge in [0.05, 0.1) is 22.7 Å². The molecule has 29 heavy (non-hydrogen) atoms. The van der Waals surface area contributed by atoms with Crippen LogP contribution < -0.4 is 4.74 Å². The number of piperazine rings is 1. The zero-order chi connectivity index (χ0) is 20.4. The fourth-order valence-corrected chi connectivity index (χ4v) is 3.90. The first-order valence-corrected chi connectivity index (χ1v) is 10.4. The molecule has 5 nitrogen and oxygen atoms in total. The van der Waals surface area contributed by atoms with Gasteiger partial charge in [-0.3, -0.25) is 0 Å². The van der Waals surface area contributed by atoms with Gasteiger partial charge in [-0.15, -0.1) is 0 Å². The van der Waals surface area contributed by atoms with Crippen molar-refractivity contribution in [2.45, 2.75) is 13.3 Å². The highest BCUT2D eigenvalue weighted by Crippen LogP contribution is 2.31. The number of benzene rings is 2. The zero-order valence-corrected chi connectivity index (χ0v) is 17.6. The van der Waals surface area contributed by atoms with Crippen LogP contribution in [-0.2, 0) is 0 Å². The molecule has 1 fully saturated rings. The Balaban J connectivity index is 1.37. The van der Waals surface area contributed by atoms with E-state index in [0.29, 0.717) is 28.5 Å². The minimum absolute atomic E-state index is 0.262. The minimum atomic E-state index is -0.262. The number of nitrogens with zero attached hydrogens (tertiary/aromatic N) is 3. The van der Waals surface area contributed by atoms with E-state index in [-0.39, 0.29) is 5.82 Å². The molecule has 2 heterocycles. The maximum Gasteiger partial charge on any atom is 0.140 e. The largest absolute Gasteiger partial charge is 0.493 e. The molecule has 0 amide bonds. The lowest BCUT2D eigenvalue weighted by Crippen LogP contribution is -2.44. The van der Waals surface area contributed by atoms with Crippen LogP contribution in [0.4, 0.5) is 4.39 Å². The Morgan fingerprint density at radius 1 is 1.17 bits per heavy atom. The molecule has 3 aromatic rings. The summed E-state index contributed by atoms with van der Waals surface area (Å²) in [6, 6.07) is 8.74. The first-order chi connectivity index (χ1) is 14.0. The van der Waals surface area contributed by atoms with Gasteiger partial charge in [-0.05, 0) is 50.7 Å². The van der Waals surface area contributed by atoms with Crippen LogP contribution in [0.25, 0.3) is 22.4 Å². The summed E-state index contributed by atoms with van der Waals surface area (Å²) in [6.07, 6.45) is 0.984. The molecule has 154 valence electrons. The molecule has 0 saturated carbocycles. The van der Waals surface area contributed by atoms with Crippen molar-refractivity contribution in [3.8, 4) is 17.1 Å². The van der Waals surface area contributed by atoms with Crippen molar-refractivity contribution < 1.29 is 9.13 Å². The Bertz CT molecular complexity index is 998. The normalized spacial score (nSPS) is 15.9. The molecule has 0 radical (unpaired) electrons. The molecule has 1 aliphatic rings. The molecule has 4 rings (SSSR count). The van der Waals surface area contributed by atoms with Crippen LogP contribution in [0.2, 0.25) is 5.02 Å². The Hall–Kier alpha value is -2.15. The second-order valence-corrected chi connectivity index (χ2v) is 8.05. The van der Waals surface area contributed by atoms with Crippen molar-refractivity contribution >= 4 is 22.6 Å². The highest BCUT2D eigenvalue weighted by molar-refractivity contribution is 6.33. The fraction of sp³-hybridized carbons (Fsp3) is 0.409. The van der Waals surface area contributed by atoms with Crippen molar-refractivity contribution in [1.29, 1.82) is 0 Å². The number of imidazole rings is 1. The van der Waals surface area contributed by atoms with Crippen LogP contribution in [0.1, 0.15) is 12.0 Å². The summed E-state index contributed by atoms with van der Waals surface area (Å²) in [5.74, 6) is 1.11. The lowest BCUT2D eigenvalue weighted by molar-refractivity contribution is 0.145. The number of ether oxygens (including phenoxy) is 1. The van der Waals surface area contributed by atoms with E-state index in [1.807, 2.05) is 18.2 Å². The summed E-state index contributed by atoms with van der Waals surface area (Å²) < 4.78 is 19.7. The first kappa shape index (κ1) is 20.1. The lowest BCUT2D eigenvalue weighted by atomic mass is 10.2. The van der Waals surface area contributed by atoms with Crippen molar-refractivity contribution in [3.63, 3.8) is 0 Å². The van der Waals surface area contributed by atoms with E-state index in [1.54, 1.807) is 13.0 Å². The number of hydrogen-bond donors (Lipinski definition) is 1. The number of halogens is 2. The number of rotatable bonds is 6. The molecule has 1 aromatic heterocycles. The first-order valence-electron chi connectivity index (χ1n) is 10.00. The van der Waals surface area contributed by atoms with Gasteiger partial charge in [-0.1, -0.05) is 11.6 Å². The van der Waals surface area contributed by atoms with Gasteiger partial charge in [-0.2, -0.15) is 0 Å². The van der Waals surface area contributed by atoms with E-state index in [0.717, 1.165) is 56.0 Å². The van der Waals surface area contributed by atoms with Gasteiger partial charge in [0.15, 0.2) is 0 Å². The zero-order valence-electron chi connectivity index (χ0n) is 16.8. The smallest absolute Gasteiger partial charge is 0.140 e. The third kappa shape index (κ3) is 4.55. The second kappa shape index (κ2) is 8.69. The van der Waals surface area contributed by atoms with Crippen LogP contribution in [-0.4, -0.2) is 66.1 Å².